The monoisotopic (exact) mass is 238 g/mol. The van der Waals surface area contributed by atoms with Crippen molar-refractivity contribution in [2.45, 2.75) is 19.4 Å². The molecule has 0 radical (unpaired) electrons. The summed E-state index contributed by atoms with van der Waals surface area (Å²) in [5.74, 6) is -1.91. The molecule has 14 heavy (non-hydrogen) atoms. The van der Waals surface area contributed by atoms with E-state index in [4.69, 9.17) is 14.9 Å². The predicted molar refractivity (Wildman–Crippen MR) is 55.5 cm³/mol. The first-order valence-corrected chi connectivity index (χ1v) is 5.14. The first-order chi connectivity index (χ1) is 6.47. The van der Waals surface area contributed by atoms with Crippen LogP contribution in [0.3, 0.4) is 0 Å². The maximum absolute atomic E-state index is 10.5. The second-order valence-electron chi connectivity index (χ2n) is 2.23. The van der Waals surface area contributed by atoms with E-state index in [0.29, 0.717) is 5.75 Å². The molecule has 0 aliphatic heterocycles. The van der Waals surface area contributed by atoms with Gasteiger partial charge in [0.15, 0.2) is 0 Å². The van der Waals surface area contributed by atoms with E-state index in [9.17, 15) is 9.59 Å². The molecule has 0 fully saturated rings. The van der Waals surface area contributed by atoms with E-state index in [0.717, 1.165) is 11.8 Å². The highest BCUT2D eigenvalue weighted by Crippen LogP contribution is 2.10. The molecule has 0 aromatic heterocycles. The molecule has 0 spiro atoms. The van der Waals surface area contributed by atoms with Gasteiger partial charge in [0.25, 0.3) is 0 Å². The first-order valence-electron chi connectivity index (χ1n) is 3.75. The molecule has 0 aromatic carbocycles. The van der Waals surface area contributed by atoms with Crippen molar-refractivity contribution in [3.63, 3.8) is 0 Å². The third-order valence-corrected chi connectivity index (χ3v) is 2.21. The van der Waals surface area contributed by atoms with Crippen LogP contribution >= 0.6 is 24.0 Å². The first kappa shape index (κ1) is 13.2. The smallest absolute Gasteiger partial charge is 0.345 e. The van der Waals surface area contributed by atoms with E-state index in [2.05, 4.69) is 12.2 Å². The van der Waals surface area contributed by atoms with Crippen molar-refractivity contribution in [2.75, 3.05) is 5.75 Å². The molecule has 5 nitrogen and oxygen atoms in total. The number of ether oxygens (including phenoxy) is 1. The van der Waals surface area contributed by atoms with E-state index in [1.165, 1.54) is 0 Å². The summed E-state index contributed by atoms with van der Waals surface area (Å²) in [5.41, 5.74) is 0. The molecule has 2 N–H and O–H groups in total. The van der Waals surface area contributed by atoms with Crippen molar-refractivity contribution < 1.29 is 24.5 Å². The summed E-state index contributed by atoms with van der Waals surface area (Å²) in [6.45, 7) is 1.83. The number of thioether (sulfide) groups is 1. The van der Waals surface area contributed by atoms with Crippen molar-refractivity contribution in [1.29, 1.82) is 0 Å². The Morgan fingerprint density at radius 2 is 2.07 bits per heavy atom. The van der Waals surface area contributed by atoms with Crippen LogP contribution in [0, 0.1) is 0 Å². The maximum Gasteiger partial charge on any atom is 0.345 e. The predicted octanol–water partition coefficient (Wildman–Crippen LogP) is 0.969. The summed E-state index contributed by atoms with van der Waals surface area (Å²) in [4.78, 5) is 20.8. The molecule has 0 saturated carbocycles. The van der Waals surface area contributed by atoms with Crippen LogP contribution in [-0.4, -0.2) is 38.4 Å². The number of carboxylic acids is 2. The van der Waals surface area contributed by atoms with Crippen molar-refractivity contribution in [2.24, 2.45) is 0 Å². The number of carbonyl (C=O) groups is 2. The highest BCUT2D eigenvalue weighted by Gasteiger charge is 2.23. The molecule has 0 bridgehead atoms. The second-order valence-corrected chi connectivity index (χ2v) is 4.09. The van der Waals surface area contributed by atoms with Crippen LogP contribution in [0.4, 0.5) is 0 Å². The SMILES string of the molecule is CCSC(=S)OC(CC(=O)O)C(=O)O. The summed E-state index contributed by atoms with van der Waals surface area (Å²) < 4.78 is 4.83. The van der Waals surface area contributed by atoms with Crippen molar-refractivity contribution >= 4 is 40.3 Å². The molecule has 0 aliphatic carbocycles. The van der Waals surface area contributed by atoms with Gasteiger partial charge < -0.3 is 14.9 Å². The molecule has 0 aliphatic rings. The van der Waals surface area contributed by atoms with Crippen LogP contribution in [-0.2, 0) is 14.3 Å². The normalized spacial score (nSPS) is 11.8. The molecular weight excluding hydrogens is 228 g/mol. The van der Waals surface area contributed by atoms with Gasteiger partial charge in [-0.1, -0.05) is 18.7 Å². The van der Waals surface area contributed by atoms with E-state index < -0.39 is 24.5 Å². The Morgan fingerprint density at radius 3 is 2.43 bits per heavy atom. The fourth-order valence-electron chi connectivity index (χ4n) is 0.606. The largest absolute Gasteiger partial charge is 0.481 e. The van der Waals surface area contributed by atoms with Gasteiger partial charge in [0.1, 0.15) is 0 Å². The Morgan fingerprint density at radius 1 is 1.50 bits per heavy atom. The number of aliphatic carboxylic acids is 2. The minimum absolute atomic E-state index is 0.0566. The Balaban J connectivity index is 4.16. The summed E-state index contributed by atoms with van der Waals surface area (Å²) in [6, 6.07) is 0. The zero-order valence-corrected chi connectivity index (χ0v) is 9.06. The minimum atomic E-state index is -1.40. The zero-order chi connectivity index (χ0) is 11.1. The lowest BCUT2D eigenvalue weighted by atomic mass is 10.2. The van der Waals surface area contributed by atoms with E-state index in [1.807, 2.05) is 6.92 Å². The topological polar surface area (TPSA) is 83.8 Å². The van der Waals surface area contributed by atoms with Gasteiger partial charge in [0.05, 0.1) is 6.42 Å². The van der Waals surface area contributed by atoms with Crippen LogP contribution < -0.4 is 0 Å². The summed E-state index contributed by atoms with van der Waals surface area (Å²) in [5, 5.41) is 17.0. The molecule has 1 unspecified atom stereocenters. The summed E-state index contributed by atoms with van der Waals surface area (Å²) >= 11 is 5.84. The van der Waals surface area contributed by atoms with Gasteiger partial charge in [-0.2, -0.15) is 0 Å². The molecule has 0 heterocycles. The van der Waals surface area contributed by atoms with E-state index in [-0.39, 0.29) is 4.38 Å². The third-order valence-electron chi connectivity index (χ3n) is 1.14. The van der Waals surface area contributed by atoms with Crippen molar-refractivity contribution in [3.8, 4) is 0 Å². The highest BCUT2D eigenvalue weighted by atomic mass is 32.2. The standard InChI is InChI=1S/C7H10O5S2/c1-2-14-7(13)12-4(6(10)11)3-5(8)9/h4H,2-3H2,1H3,(H,8,9)(H,10,11). The molecule has 80 valence electrons. The van der Waals surface area contributed by atoms with Crippen LogP contribution in [0.15, 0.2) is 0 Å². The number of carboxylic acid groups (broad SMARTS) is 2. The van der Waals surface area contributed by atoms with Crippen molar-refractivity contribution in [1.82, 2.24) is 0 Å². The number of thiocarbonyl (C=S) groups is 1. The maximum atomic E-state index is 10.5. The average Bonchev–Trinajstić information content (AvgIpc) is 2.02. The van der Waals surface area contributed by atoms with Crippen LogP contribution in [0.5, 0.6) is 0 Å². The molecule has 0 amide bonds. The third kappa shape index (κ3) is 5.76. The molecule has 7 heteroatoms. The van der Waals surface area contributed by atoms with Gasteiger partial charge in [-0.05, 0) is 18.0 Å². The van der Waals surface area contributed by atoms with Gasteiger partial charge >= 0.3 is 11.9 Å². The van der Waals surface area contributed by atoms with E-state index >= 15 is 0 Å². The summed E-state index contributed by atoms with van der Waals surface area (Å²) in [7, 11) is 0. The molecule has 1 atom stereocenters. The Labute approximate surface area is 90.4 Å². The molecule has 0 aromatic rings. The number of rotatable bonds is 5. The molecule has 0 saturated heterocycles. The number of hydrogen-bond donors (Lipinski definition) is 2. The minimum Gasteiger partial charge on any atom is -0.481 e. The van der Waals surface area contributed by atoms with Crippen LogP contribution in [0.2, 0.25) is 0 Å². The zero-order valence-electron chi connectivity index (χ0n) is 7.43. The molecule has 0 rings (SSSR count). The van der Waals surface area contributed by atoms with Crippen LogP contribution in [0.1, 0.15) is 13.3 Å². The van der Waals surface area contributed by atoms with Crippen LogP contribution in [0.25, 0.3) is 0 Å². The lowest BCUT2D eigenvalue weighted by Gasteiger charge is -2.12. The molecular formula is C7H10O5S2. The summed E-state index contributed by atoms with van der Waals surface area (Å²) in [6.07, 6.45) is -2.00. The van der Waals surface area contributed by atoms with Gasteiger partial charge in [0, 0.05) is 0 Å². The Hall–Kier alpha value is -0.820. The second kappa shape index (κ2) is 6.61. The number of hydrogen-bond acceptors (Lipinski definition) is 5. The fraction of sp³-hybridized carbons (Fsp3) is 0.571. The lowest BCUT2D eigenvalue weighted by molar-refractivity contribution is -0.151. The Bertz CT molecular complexity index is 240. The van der Waals surface area contributed by atoms with Gasteiger partial charge in [0.2, 0.25) is 10.5 Å². The van der Waals surface area contributed by atoms with E-state index in [1.54, 1.807) is 0 Å². The lowest BCUT2D eigenvalue weighted by Crippen LogP contribution is -2.28. The Kier molecular flexibility index (Phi) is 6.22. The van der Waals surface area contributed by atoms with Gasteiger partial charge in [-0.25, -0.2) is 4.79 Å². The highest BCUT2D eigenvalue weighted by molar-refractivity contribution is 8.22. The van der Waals surface area contributed by atoms with Crippen molar-refractivity contribution in [3.05, 3.63) is 0 Å². The average molecular weight is 238 g/mol. The van der Waals surface area contributed by atoms with Gasteiger partial charge in [-0.3, -0.25) is 4.79 Å². The fourth-order valence-corrected chi connectivity index (χ4v) is 1.50. The van der Waals surface area contributed by atoms with Gasteiger partial charge in [-0.15, -0.1) is 0 Å². The quantitative estimate of drug-likeness (QED) is 0.690.